The summed E-state index contributed by atoms with van der Waals surface area (Å²) in [5.74, 6) is 0. The number of hydrogen-bond donors (Lipinski definition) is 2. The van der Waals surface area contributed by atoms with Crippen LogP contribution < -0.4 is 11.5 Å². The van der Waals surface area contributed by atoms with E-state index in [0.717, 1.165) is 12.8 Å². The molecule has 0 bridgehead atoms. The first-order valence-electron chi connectivity index (χ1n) is 5.23. The Bertz CT molecular complexity index is 98.9. The maximum atomic E-state index is 5.88. The lowest BCUT2D eigenvalue weighted by Crippen LogP contribution is -2.40. The summed E-state index contributed by atoms with van der Waals surface area (Å²) in [4.78, 5) is 0. The largest absolute Gasteiger partial charge is 0.326 e. The third kappa shape index (κ3) is 8.32. The molecule has 0 spiro atoms. The zero-order chi connectivity index (χ0) is 9.40. The van der Waals surface area contributed by atoms with Crippen LogP contribution in [-0.2, 0) is 0 Å². The summed E-state index contributed by atoms with van der Waals surface area (Å²) in [5.41, 5.74) is 11.7. The van der Waals surface area contributed by atoms with Crippen LogP contribution in [-0.4, -0.2) is 20.5 Å². The smallest absolute Gasteiger partial charge is 0.0192 e. The predicted octanol–water partition coefficient (Wildman–Crippen LogP) is 1.64. The average molecular weight is 183 g/mol. The van der Waals surface area contributed by atoms with Crippen molar-refractivity contribution in [3.05, 3.63) is 0 Å². The predicted molar refractivity (Wildman–Crippen MR) is 60.8 cm³/mol. The van der Waals surface area contributed by atoms with Crippen molar-refractivity contribution < 1.29 is 0 Å². The van der Waals surface area contributed by atoms with Crippen LogP contribution in [0.5, 0.6) is 0 Å². The van der Waals surface area contributed by atoms with Crippen LogP contribution in [0.25, 0.3) is 0 Å². The molecule has 3 radical (unpaired) electrons. The van der Waals surface area contributed by atoms with E-state index in [-0.39, 0.29) is 20.5 Å². The molecule has 0 saturated heterocycles. The van der Waals surface area contributed by atoms with E-state index in [1.54, 1.807) is 0 Å². The van der Waals surface area contributed by atoms with Gasteiger partial charge < -0.3 is 11.5 Å². The molecule has 0 aliphatic heterocycles. The number of hydrogen-bond acceptors (Lipinski definition) is 2. The molecule has 0 fully saturated rings. The van der Waals surface area contributed by atoms with Crippen LogP contribution in [0.1, 0.15) is 52.4 Å². The van der Waals surface area contributed by atoms with E-state index in [9.17, 15) is 0 Å². The van der Waals surface area contributed by atoms with Gasteiger partial charge in [-0.15, -0.1) is 0 Å². The molecule has 0 aliphatic rings. The van der Waals surface area contributed by atoms with Gasteiger partial charge in [-0.05, 0) is 12.8 Å². The van der Waals surface area contributed by atoms with E-state index in [1.165, 1.54) is 25.7 Å². The third-order valence-corrected chi connectivity index (χ3v) is 2.41. The summed E-state index contributed by atoms with van der Waals surface area (Å²) >= 11 is 0. The molecule has 77 valence electrons. The van der Waals surface area contributed by atoms with Gasteiger partial charge in [0.15, 0.2) is 0 Å². The van der Waals surface area contributed by atoms with Gasteiger partial charge in [-0.1, -0.05) is 39.5 Å². The molecule has 0 aromatic carbocycles. The molecule has 4 N–H and O–H groups in total. The highest BCUT2D eigenvalue weighted by atomic mass is 14.8. The Balaban J connectivity index is 0. The lowest BCUT2D eigenvalue weighted by molar-refractivity contribution is 0.460. The zero-order valence-electron chi connectivity index (χ0n) is 9.13. The fourth-order valence-electron chi connectivity index (χ4n) is 1.32. The van der Waals surface area contributed by atoms with Crippen LogP contribution in [0.3, 0.4) is 0 Å². The molecule has 0 rings (SSSR count). The molecule has 13 heavy (non-hydrogen) atoms. The second kappa shape index (κ2) is 10.1. The molecular weight excluding hydrogens is 159 g/mol. The molecule has 0 amide bonds. The van der Waals surface area contributed by atoms with Gasteiger partial charge in [-0.3, -0.25) is 0 Å². The highest BCUT2D eigenvalue weighted by molar-refractivity contribution is 5.75. The summed E-state index contributed by atoms with van der Waals surface area (Å²) in [5, 5.41) is 0. The van der Waals surface area contributed by atoms with Gasteiger partial charge in [-0.25, -0.2) is 0 Å². The topological polar surface area (TPSA) is 52.0 Å². The van der Waals surface area contributed by atoms with Crippen LogP contribution in [0, 0.1) is 0 Å². The number of nitrogens with two attached hydrogens (primary N) is 2. The Labute approximate surface area is 85.0 Å². The molecule has 0 heterocycles. The normalized spacial score (nSPS) is 14.8. The van der Waals surface area contributed by atoms with Gasteiger partial charge in [0.2, 0.25) is 0 Å². The van der Waals surface area contributed by atoms with E-state index < -0.39 is 0 Å². The summed E-state index contributed by atoms with van der Waals surface area (Å²) in [6.07, 6.45) is 7.25. The minimum absolute atomic E-state index is 0. The first-order chi connectivity index (χ1) is 5.72. The number of unbranched alkanes of at least 4 members (excludes halogenated alkanes) is 3. The van der Waals surface area contributed by atoms with Crippen molar-refractivity contribution in [2.24, 2.45) is 11.5 Å². The molecule has 3 heteroatoms. The van der Waals surface area contributed by atoms with Crippen molar-refractivity contribution >= 4 is 8.41 Å². The molecular formula is C10H24BN2. The first-order valence-corrected chi connectivity index (χ1v) is 5.23. The van der Waals surface area contributed by atoms with Crippen molar-refractivity contribution in [2.45, 2.75) is 64.5 Å². The summed E-state index contributed by atoms with van der Waals surface area (Å²) in [6.45, 7) is 4.31. The van der Waals surface area contributed by atoms with E-state index in [2.05, 4.69) is 13.8 Å². The van der Waals surface area contributed by atoms with E-state index >= 15 is 0 Å². The lowest BCUT2D eigenvalue weighted by atomic mass is 10.0. The average Bonchev–Trinajstić information content (AvgIpc) is 2.10. The van der Waals surface area contributed by atoms with Crippen molar-refractivity contribution in [2.75, 3.05) is 0 Å². The van der Waals surface area contributed by atoms with Gasteiger partial charge in [0.05, 0.1) is 0 Å². The Morgan fingerprint density at radius 2 is 1.54 bits per heavy atom. The zero-order valence-corrected chi connectivity index (χ0v) is 9.13. The quantitative estimate of drug-likeness (QED) is 0.465. The molecule has 2 nitrogen and oxygen atoms in total. The van der Waals surface area contributed by atoms with Gasteiger partial charge in [0, 0.05) is 20.5 Å². The Kier molecular flexibility index (Phi) is 12.0. The van der Waals surface area contributed by atoms with Crippen molar-refractivity contribution in [1.82, 2.24) is 0 Å². The third-order valence-electron chi connectivity index (χ3n) is 2.41. The minimum Gasteiger partial charge on any atom is -0.326 e. The fraction of sp³-hybridized carbons (Fsp3) is 1.00. The van der Waals surface area contributed by atoms with Crippen molar-refractivity contribution in [1.29, 1.82) is 0 Å². The van der Waals surface area contributed by atoms with Gasteiger partial charge >= 0.3 is 0 Å². The summed E-state index contributed by atoms with van der Waals surface area (Å²) in [6, 6.07) is 0.415. The Morgan fingerprint density at radius 1 is 0.923 bits per heavy atom. The molecule has 0 saturated carbocycles. The first kappa shape index (κ1) is 15.5. The van der Waals surface area contributed by atoms with Crippen LogP contribution in [0.4, 0.5) is 0 Å². The maximum absolute atomic E-state index is 5.88. The van der Waals surface area contributed by atoms with E-state index in [4.69, 9.17) is 11.5 Å². The maximum Gasteiger partial charge on any atom is 0.0192 e. The van der Waals surface area contributed by atoms with E-state index in [1.807, 2.05) is 0 Å². The standard InChI is InChI=1S/C10H24N2.B/c1-3-5-6-7-8-10(12)9(11)4-2;/h9-10H,3-8,11-12H2,1-2H3;. The number of rotatable bonds is 7. The minimum atomic E-state index is 0. The monoisotopic (exact) mass is 183 g/mol. The highest BCUT2D eigenvalue weighted by Gasteiger charge is 2.09. The van der Waals surface area contributed by atoms with Crippen LogP contribution >= 0.6 is 0 Å². The molecule has 2 atom stereocenters. The van der Waals surface area contributed by atoms with Crippen molar-refractivity contribution in [3.8, 4) is 0 Å². The summed E-state index contributed by atoms with van der Waals surface area (Å²) in [7, 11) is 0. The second-order valence-corrected chi connectivity index (χ2v) is 3.59. The highest BCUT2D eigenvalue weighted by Crippen LogP contribution is 2.06. The van der Waals surface area contributed by atoms with Gasteiger partial charge in [0.1, 0.15) is 0 Å². The molecule has 0 aromatic rings. The van der Waals surface area contributed by atoms with Crippen molar-refractivity contribution in [3.63, 3.8) is 0 Å². The molecule has 2 unspecified atom stereocenters. The summed E-state index contributed by atoms with van der Waals surface area (Å²) < 4.78 is 0. The lowest BCUT2D eigenvalue weighted by Gasteiger charge is -2.17. The Morgan fingerprint density at radius 3 is 2.00 bits per heavy atom. The Hall–Kier alpha value is -0.0151. The SMILES string of the molecule is CCCCCCC(N)C(N)CC.[B]. The van der Waals surface area contributed by atoms with Gasteiger partial charge in [-0.2, -0.15) is 0 Å². The molecule has 0 aromatic heterocycles. The van der Waals surface area contributed by atoms with Crippen LogP contribution in [0.2, 0.25) is 0 Å². The molecule has 0 aliphatic carbocycles. The van der Waals surface area contributed by atoms with E-state index in [0.29, 0.717) is 0 Å². The fourth-order valence-corrected chi connectivity index (χ4v) is 1.32. The van der Waals surface area contributed by atoms with Gasteiger partial charge in [0.25, 0.3) is 0 Å². The second-order valence-electron chi connectivity index (χ2n) is 3.59. The van der Waals surface area contributed by atoms with Crippen LogP contribution in [0.15, 0.2) is 0 Å².